The van der Waals surface area contributed by atoms with E-state index in [1.807, 2.05) is 6.92 Å². The predicted octanol–water partition coefficient (Wildman–Crippen LogP) is 2.92. The Morgan fingerprint density at radius 3 is 2.86 bits per heavy atom. The fraction of sp³-hybridized carbons (Fsp3) is 0.538. The van der Waals surface area contributed by atoms with E-state index in [2.05, 4.69) is 19.8 Å². The maximum atomic E-state index is 6.07. The molecular weight excluding hydrogens is 335 g/mol. The minimum Gasteiger partial charge on any atom is -0.422 e. The molecule has 2 fully saturated rings. The summed E-state index contributed by atoms with van der Waals surface area (Å²) in [6.07, 6.45) is 1.19. The van der Waals surface area contributed by atoms with Crippen LogP contribution < -0.4 is 4.90 Å². The normalized spacial score (nSPS) is 23.8. The highest BCUT2D eigenvalue weighted by molar-refractivity contribution is 6.31. The Labute approximate surface area is 140 Å². The molecule has 4 heterocycles. The Balaban J connectivity index is 0.000000807. The predicted molar refractivity (Wildman–Crippen MR) is 88.2 cm³/mol. The smallest absolute Gasteiger partial charge is 0.300 e. The van der Waals surface area contributed by atoms with E-state index in [0.29, 0.717) is 28.3 Å². The van der Waals surface area contributed by atoms with Gasteiger partial charge in [-0.05, 0) is 13.3 Å². The average molecular weight is 352 g/mol. The molecule has 21 heavy (non-hydrogen) atoms. The third-order valence-corrected chi connectivity index (χ3v) is 4.47. The summed E-state index contributed by atoms with van der Waals surface area (Å²) < 4.78 is 5.84. The van der Waals surface area contributed by atoms with Gasteiger partial charge in [0.25, 0.3) is 6.01 Å². The molecule has 2 aromatic heterocycles. The van der Waals surface area contributed by atoms with Gasteiger partial charge in [-0.2, -0.15) is 4.98 Å². The molecule has 2 bridgehead atoms. The minimum atomic E-state index is 0. The number of anilines is 1. The number of fused-ring (bicyclic) bond motifs is 3. The van der Waals surface area contributed by atoms with Crippen LogP contribution in [0.2, 0.25) is 5.02 Å². The first kappa shape index (κ1) is 16.6. The lowest BCUT2D eigenvalue weighted by molar-refractivity contribution is 0.304. The maximum absolute atomic E-state index is 6.07. The average Bonchev–Trinajstić information content (AvgIpc) is 2.95. The van der Waals surface area contributed by atoms with E-state index >= 15 is 0 Å². The van der Waals surface area contributed by atoms with Crippen molar-refractivity contribution in [1.29, 1.82) is 0 Å². The molecule has 2 aliphatic heterocycles. The molecular formula is C13H17Cl3N4O. The molecule has 0 aromatic carbocycles. The number of nitrogens with zero attached hydrogens (tertiary/aromatic N) is 4. The number of pyridine rings is 1. The molecule has 8 heteroatoms. The number of oxazole rings is 1. The fourth-order valence-corrected chi connectivity index (χ4v) is 3.14. The first-order chi connectivity index (χ1) is 9.20. The first-order valence-electron chi connectivity index (χ1n) is 6.63. The van der Waals surface area contributed by atoms with Crippen LogP contribution in [0.15, 0.2) is 10.5 Å². The summed E-state index contributed by atoms with van der Waals surface area (Å²) in [6, 6.07) is 3.02. The molecule has 0 aliphatic carbocycles. The van der Waals surface area contributed by atoms with E-state index in [1.165, 1.54) is 13.0 Å². The monoisotopic (exact) mass is 350 g/mol. The molecule has 0 amide bonds. The lowest BCUT2D eigenvalue weighted by atomic mass is 10.2. The molecule has 116 valence electrons. The van der Waals surface area contributed by atoms with Crippen molar-refractivity contribution in [2.45, 2.75) is 19.4 Å². The minimum absolute atomic E-state index is 0. The van der Waals surface area contributed by atoms with E-state index in [-0.39, 0.29) is 24.8 Å². The second-order valence-corrected chi connectivity index (χ2v) is 5.72. The molecule has 4 rings (SSSR count). The van der Waals surface area contributed by atoms with Crippen LogP contribution in [-0.4, -0.2) is 47.1 Å². The number of hydrogen-bond donors (Lipinski definition) is 0. The molecule has 2 aliphatic rings. The topological polar surface area (TPSA) is 45.4 Å². The van der Waals surface area contributed by atoms with Crippen LogP contribution in [-0.2, 0) is 0 Å². The van der Waals surface area contributed by atoms with Gasteiger partial charge in [0, 0.05) is 38.3 Å². The van der Waals surface area contributed by atoms with Gasteiger partial charge in [-0.15, -0.1) is 24.8 Å². The van der Waals surface area contributed by atoms with Crippen LogP contribution in [0.4, 0.5) is 6.01 Å². The number of piperazine rings is 1. The second kappa shape index (κ2) is 6.16. The molecule has 2 unspecified atom stereocenters. The summed E-state index contributed by atoms with van der Waals surface area (Å²) in [5.41, 5.74) is 2.11. The molecule has 2 aromatic rings. The lowest BCUT2D eigenvalue weighted by Gasteiger charge is -2.32. The summed E-state index contributed by atoms with van der Waals surface area (Å²) in [7, 11) is 0. The second-order valence-electron chi connectivity index (χ2n) is 5.31. The van der Waals surface area contributed by atoms with Gasteiger partial charge in [0.05, 0.1) is 10.7 Å². The Bertz CT molecular complexity index is 609. The number of hydrogen-bond acceptors (Lipinski definition) is 5. The van der Waals surface area contributed by atoms with Crippen LogP contribution in [0.25, 0.3) is 11.2 Å². The summed E-state index contributed by atoms with van der Waals surface area (Å²) in [6.45, 7) is 6.25. The van der Waals surface area contributed by atoms with Crippen LogP contribution in [0.3, 0.4) is 0 Å². The molecule has 0 radical (unpaired) electrons. The van der Waals surface area contributed by atoms with Crippen LogP contribution >= 0.6 is 36.4 Å². The highest BCUT2D eigenvalue weighted by Gasteiger charge is 2.34. The third-order valence-electron chi connectivity index (χ3n) is 4.09. The summed E-state index contributed by atoms with van der Waals surface area (Å²) in [4.78, 5) is 13.7. The molecule has 5 nitrogen and oxygen atoms in total. The zero-order chi connectivity index (χ0) is 13.0. The van der Waals surface area contributed by atoms with Crippen molar-refractivity contribution < 1.29 is 4.42 Å². The zero-order valence-electron chi connectivity index (χ0n) is 11.6. The SMILES string of the molecule is Cc1nc2nc(N3CCN4CCC3C4)oc2cc1Cl.Cl.Cl. The standard InChI is InChI=1S/C13H15ClN4O.2ClH/c1-8-10(14)6-11-12(15-8)16-13(19-11)18-5-4-17-3-2-9(18)7-17;;/h6,9H,2-5,7H2,1H3;2*1H. The lowest BCUT2D eigenvalue weighted by Crippen LogP contribution is -2.46. The molecule has 0 N–H and O–H groups in total. The molecule has 2 atom stereocenters. The van der Waals surface area contributed by atoms with Crippen molar-refractivity contribution in [3.8, 4) is 0 Å². The van der Waals surface area contributed by atoms with Gasteiger partial charge in [-0.1, -0.05) is 11.6 Å². The van der Waals surface area contributed by atoms with Crippen molar-refractivity contribution >= 4 is 53.7 Å². The van der Waals surface area contributed by atoms with E-state index in [1.54, 1.807) is 6.07 Å². The van der Waals surface area contributed by atoms with Gasteiger partial charge >= 0.3 is 0 Å². The molecule has 2 saturated heterocycles. The number of aryl methyl sites for hydroxylation is 1. The van der Waals surface area contributed by atoms with Crippen molar-refractivity contribution in [2.24, 2.45) is 0 Å². The third kappa shape index (κ3) is 2.80. The van der Waals surface area contributed by atoms with E-state index in [4.69, 9.17) is 16.0 Å². The van der Waals surface area contributed by atoms with Gasteiger partial charge < -0.3 is 9.32 Å². The van der Waals surface area contributed by atoms with Gasteiger partial charge in [0.1, 0.15) is 0 Å². The quantitative estimate of drug-likeness (QED) is 0.790. The van der Waals surface area contributed by atoms with Gasteiger partial charge in [0.15, 0.2) is 5.58 Å². The maximum Gasteiger partial charge on any atom is 0.300 e. The summed E-state index contributed by atoms with van der Waals surface area (Å²) in [5, 5.41) is 0.626. The highest BCUT2D eigenvalue weighted by atomic mass is 35.5. The van der Waals surface area contributed by atoms with E-state index < -0.39 is 0 Å². The number of halogens is 3. The van der Waals surface area contributed by atoms with Crippen molar-refractivity contribution in [3.63, 3.8) is 0 Å². The molecule has 0 saturated carbocycles. The summed E-state index contributed by atoms with van der Waals surface area (Å²) in [5.74, 6) is 0. The highest BCUT2D eigenvalue weighted by Crippen LogP contribution is 2.29. The summed E-state index contributed by atoms with van der Waals surface area (Å²) >= 11 is 6.07. The molecule has 0 spiro atoms. The largest absolute Gasteiger partial charge is 0.422 e. The fourth-order valence-electron chi connectivity index (χ4n) is 2.99. The van der Waals surface area contributed by atoms with Crippen molar-refractivity contribution in [1.82, 2.24) is 14.9 Å². The van der Waals surface area contributed by atoms with Gasteiger partial charge in [0.2, 0.25) is 5.65 Å². The van der Waals surface area contributed by atoms with Crippen LogP contribution in [0, 0.1) is 6.92 Å². The van der Waals surface area contributed by atoms with E-state index in [9.17, 15) is 0 Å². The Morgan fingerprint density at radius 2 is 2.05 bits per heavy atom. The van der Waals surface area contributed by atoms with Crippen LogP contribution in [0.1, 0.15) is 12.1 Å². The Hall–Kier alpha value is -0.750. The zero-order valence-corrected chi connectivity index (χ0v) is 14.0. The number of rotatable bonds is 1. The first-order valence-corrected chi connectivity index (χ1v) is 7.01. The Morgan fingerprint density at radius 1 is 1.24 bits per heavy atom. The Kier molecular flexibility index (Phi) is 4.88. The van der Waals surface area contributed by atoms with Crippen LogP contribution in [0.5, 0.6) is 0 Å². The number of aromatic nitrogens is 2. The van der Waals surface area contributed by atoms with Gasteiger partial charge in [-0.3, -0.25) is 4.90 Å². The van der Waals surface area contributed by atoms with Gasteiger partial charge in [-0.25, -0.2) is 4.98 Å². The van der Waals surface area contributed by atoms with Crippen molar-refractivity contribution in [2.75, 3.05) is 31.1 Å². The van der Waals surface area contributed by atoms with E-state index in [0.717, 1.165) is 25.3 Å². The van der Waals surface area contributed by atoms with Crippen molar-refractivity contribution in [3.05, 3.63) is 16.8 Å².